The Balaban J connectivity index is 0.000000612. The molecule has 2 rings (SSSR count). The third-order valence-corrected chi connectivity index (χ3v) is 3.52. The molecule has 1 saturated heterocycles. The lowest BCUT2D eigenvalue weighted by Gasteiger charge is -2.54. The summed E-state index contributed by atoms with van der Waals surface area (Å²) in [5.74, 6) is 0.463. The fourth-order valence-corrected chi connectivity index (χ4v) is 2.73. The average Bonchev–Trinajstić information content (AvgIpc) is 2.36. The molecule has 1 aliphatic rings. The van der Waals surface area contributed by atoms with Gasteiger partial charge in [-0.3, -0.25) is 4.79 Å². The number of nitrogens with zero attached hydrogens (tertiary/aromatic N) is 1. The van der Waals surface area contributed by atoms with Crippen LogP contribution >= 0.6 is 0 Å². The molecule has 1 heterocycles. The second-order valence-corrected chi connectivity index (χ2v) is 5.83. The van der Waals surface area contributed by atoms with Gasteiger partial charge in [-0.2, -0.15) is 9.59 Å². The Morgan fingerprint density at radius 2 is 1.65 bits per heavy atom. The molecule has 1 aliphatic heterocycles. The number of hydrogen-bond donors (Lipinski definition) is 0. The molecule has 1 amide bonds. The van der Waals surface area contributed by atoms with E-state index >= 15 is 0 Å². The highest BCUT2D eigenvalue weighted by Crippen LogP contribution is 2.45. The largest absolute Gasteiger partial charge is 0.373 e. The van der Waals surface area contributed by atoms with Crippen LogP contribution in [0, 0.1) is 5.92 Å². The summed E-state index contributed by atoms with van der Waals surface area (Å²) < 4.78 is 0. The molecule has 1 fully saturated rings. The number of β-lactam (4-membered cyclic amide) rings is 1. The van der Waals surface area contributed by atoms with Crippen molar-refractivity contribution in [2.45, 2.75) is 45.7 Å². The molecule has 2 atom stereocenters. The van der Waals surface area contributed by atoms with E-state index in [1.807, 2.05) is 23.1 Å². The summed E-state index contributed by atoms with van der Waals surface area (Å²) in [6.07, 6.45) is 1.17. The van der Waals surface area contributed by atoms with E-state index in [0.717, 1.165) is 6.42 Å². The number of benzene rings is 1. The second kappa shape index (κ2) is 6.49. The quantitative estimate of drug-likeness (QED) is 0.780. The van der Waals surface area contributed by atoms with Crippen LogP contribution in [0.25, 0.3) is 0 Å². The van der Waals surface area contributed by atoms with E-state index in [2.05, 4.69) is 39.8 Å². The Morgan fingerprint density at radius 1 is 1.15 bits per heavy atom. The molecule has 0 spiro atoms. The van der Waals surface area contributed by atoms with Gasteiger partial charge in [0, 0.05) is 5.54 Å². The molecule has 1 aromatic rings. The van der Waals surface area contributed by atoms with E-state index in [-0.39, 0.29) is 23.7 Å². The lowest BCUT2D eigenvalue weighted by Crippen LogP contribution is -2.61. The molecule has 0 aromatic heterocycles. The minimum Gasteiger partial charge on any atom is -0.330 e. The van der Waals surface area contributed by atoms with Crippen molar-refractivity contribution in [2.24, 2.45) is 5.92 Å². The number of hydrogen-bond acceptors (Lipinski definition) is 3. The van der Waals surface area contributed by atoms with Crippen LogP contribution in [-0.2, 0) is 14.4 Å². The Bertz CT molecular complexity index is 484. The third kappa shape index (κ3) is 3.14. The summed E-state index contributed by atoms with van der Waals surface area (Å²) in [5.41, 5.74) is 1.16. The Kier molecular flexibility index (Phi) is 5.23. The van der Waals surface area contributed by atoms with Gasteiger partial charge in [0.2, 0.25) is 5.91 Å². The maximum atomic E-state index is 12.1. The molecular weight excluding hydrogens is 254 g/mol. The summed E-state index contributed by atoms with van der Waals surface area (Å²) in [6.45, 7) is 8.41. The zero-order valence-electron chi connectivity index (χ0n) is 12.4. The van der Waals surface area contributed by atoms with Crippen molar-refractivity contribution in [2.75, 3.05) is 0 Å². The zero-order valence-corrected chi connectivity index (χ0v) is 12.4. The van der Waals surface area contributed by atoms with Crippen LogP contribution in [0.1, 0.15) is 45.7 Å². The van der Waals surface area contributed by atoms with Crippen LogP contribution in [0.2, 0.25) is 0 Å². The van der Waals surface area contributed by atoms with Crippen molar-refractivity contribution in [3.05, 3.63) is 35.9 Å². The number of rotatable bonds is 2. The third-order valence-electron chi connectivity index (χ3n) is 3.52. The Morgan fingerprint density at radius 3 is 2.05 bits per heavy atom. The summed E-state index contributed by atoms with van der Waals surface area (Å²) in [6, 6.07) is 10.6. The van der Waals surface area contributed by atoms with Gasteiger partial charge in [0.25, 0.3) is 0 Å². The van der Waals surface area contributed by atoms with Crippen molar-refractivity contribution in [1.29, 1.82) is 0 Å². The molecule has 0 aliphatic carbocycles. The maximum Gasteiger partial charge on any atom is 0.373 e. The number of likely N-dealkylation sites (tertiary alicyclic amines) is 1. The Hall–Kier alpha value is -1.93. The average molecular weight is 275 g/mol. The minimum absolute atomic E-state index is 0.0940. The first-order valence-electron chi connectivity index (χ1n) is 6.75. The fourth-order valence-electron chi connectivity index (χ4n) is 2.73. The van der Waals surface area contributed by atoms with Crippen LogP contribution in [0.3, 0.4) is 0 Å². The van der Waals surface area contributed by atoms with Gasteiger partial charge >= 0.3 is 6.15 Å². The molecule has 0 unspecified atom stereocenters. The molecule has 1 aromatic carbocycles. The van der Waals surface area contributed by atoms with Gasteiger partial charge in [-0.25, -0.2) is 0 Å². The molecule has 0 saturated carbocycles. The van der Waals surface area contributed by atoms with Crippen LogP contribution in [0.15, 0.2) is 30.3 Å². The lowest BCUT2D eigenvalue weighted by molar-refractivity contribution is -0.191. The topological polar surface area (TPSA) is 54.5 Å². The molecular formula is C16H21NO3. The van der Waals surface area contributed by atoms with Gasteiger partial charge in [-0.1, -0.05) is 37.3 Å². The molecule has 0 bridgehead atoms. The van der Waals surface area contributed by atoms with Crippen molar-refractivity contribution >= 4 is 12.1 Å². The first-order valence-corrected chi connectivity index (χ1v) is 6.75. The van der Waals surface area contributed by atoms with Gasteiger partial charge < -0.3 is 4.90 Å². The van der Waals surface area contributed by atoms with Crippen molar-refractivity contribution < 1.29 is 14.4 Å². The van der Waals surface area contributed by atoms with E-state index in [0.29, 0.717) is 5.91 Å². The van der Waals surface area contributed by atoms with Gasteiger partial charge in [0.15, 0.2) is 0 Å². The molecule has 20 heavy (non-hydrogen) atoms. The normalized spacial score (nSPS) is 21.4. The predicted octanol–water partition coefficient (Wildman–Crippen LogP) is 2.81. The standard InChI is InChI=1S/C15H21NO.CO2/c1-5-12-13(11-9-7-6-8-10-11)16(14(12)17)15(2,3)4;2-1-3/h6-10,12-13H,5H2,1-4H3;/t12-,13+;/m1./s1. The monoisotopic (exact) mass is 275 g/mol. The first-order chi connectivity index (χ1) is 9.38. The van der Waals surface area contributed by atoms with Crippen LogP contribution in [-0.4, -0.2) is 22.5 Å². The van der Waals surface area contributed by atoms with Crippen LogP contribution in [0.5, 0.6) is 0 Å². The van der Waals surface area contributed by atoms with Crippen molar-refractivity contribution in [3.8, 4) is 0 Å². The molecule has 4 heteroatoms. The smallest absolute Gasteiger partial charge is 0.330 e. The Labute approximate surface area is 119 Å². The summed E-state index contributed by atoms with van der Waals surface area (Å²) in [7, 11) is 0. The number of carbonyl (C=O) groups is 1. The van der Waals surface area contributed by atoms with Crippen LogP contribution < -0.4 is 0 Å². The van der Waals surface area contributed by atoms with Gasteiger partial charge in [-0.15, -0.1) is 0 Å². The molecule has 4 nitrogen and oxygen atoms in total. The highest BCUT2D eigenvalue weighted by molar-refractivity contribution is 5.87. The summed E-state index contributed by atoms with van der Waals surface area (Å²) in [5, 5.41) is 0. The van der Waals surface area contributed by atoms with E-state index in [9.17, 15) is 4.79 Å². The first kappa shape index (κ1) is 16.1. The highest BCUT2D eigenvalue weighted by atomic mass is 16.2. The fraction of sp³-hybridized carbons (Fsp3) is 0.500. The minimum atomic E-state index is -0.0940. The van der Waals surface area contributed by atoms with Crippen molar-refractivity contribution in [3.63, 3.8) is 0 Å². The predicted molar refractivity (Wildman–Crippen MR) is 74.6 cm³/mol. The number of carbonyl (C=O) groups excluding carboxylic acids is 3. The lowest BCUT2D eigenvalue weighted by atomic mass is 9.77. The zero-order chi connectivity index (χ0) is 15.3. The summed E-state index contributed by atoms with van der Waals surface area (Å²) in [4.78, 5) is 30.4. The van der Waals surface area contributed by atoms with Crippen LogP contribution in [0.4, 0.5) is 0 Å². The van der Waals surface area contributed by atoms with Gasteiger partial charge in [-0.05, 0) is 32.8 Å². The van der Waals surface area contributed by atoms with E-state index < -0.39 is 0 Å². The maximum absolute atomic E-state index is 12.1. The SMILES string of the molecule is CC[C@H]1C(=O)N(C(C)(C)C)[C@H]1c1ccccc1.O=C=O. The van der Waals surface area contributed by atoms with E-state index in [1.54, 1.807) is 0 Å². The van der Waals surface area contributed by atoms with Crippen molar-refractivity contribution in [1.82, 2.24) is 4.90 Å². The number of amides is 1. The van der Waals surface area contributed by atoms with E-state index in [4.69, 9.17) is 9.59 Å². The highest BCUT2D eigenvalue weighted by Gasteiger charge is 2.50. The van der Waals surface area contributed by atoms with E-state index in [1.165, 1.54) is 5.56 Å². The molecule has 108 valence electrons. The van der Waals surface area contributed by atoms with Gasteiger partial charge in [0.1, 0.15) is 0 Å². The van der Waals surface area contributed by atoms with Gasteiger partial charge in [0.05, 0.1) is 12.0 Å². The molecule has 0 radical (unpaired) electrons. The molecule has 0 N–H and O–H groups in total. The summed E-state index contributed by atoms with van der Waals surface area (Å²) >= 11 is 0. The second-order valence-electron chi connectivity index (χ2n) is 5.83.